The van der Waals surface area contributed by atoms with E-state index >= 15 is 0 Å². The highest BCUT2D eigenvalue weighted by atomic mass is 35.5. The lowest BCUT2D eigenvalue weighted by Gasteiger charge is -2.12. The van der Waals surface area contributed by atoms with Crippen LogP contribution in [0.4, 0.5) is 11.8 Å². The maximum absolute atomic E-state index is 6.12. The molecule has 0 spiro atoms. The van der Waals surface area contributed by atoms with E-state index in [2.05, 4.69) is 63.0 Å². The molecule has 5 rings (SSSR count). The van der Waals surface area contributed by atoms with Crippen molar-refractivity contribution in [2.24, 2.45) is 0 Å². The maximum Gasteiger partial charge on any atom is 0.256 e. The van der Waals surface area contributed by atoms with E-state index in [0.29, 0.717) is 28.7 Å². The van der Waals surface area contributed by atoms with E-state index < -0.39 is 0 Å². The third-order valence-electron chi connectivity index (χ3n) is 5.49. The minimum absolute atomic E-state index is 0.0181. The van der Waals surface area contributed by atoms with Crippen LogP contribution >= 0.6 is 11.6 Å². The zero-order valence-electron chi connectivity index (χ0n) is 16.9. The third-order valence-corrected chi connectivity index (χ3v) is 5.72. The first-order valence-corrected chi connectivity index (χ1v) is 10.5. The average Bonchev–Trinajstić information content (AvgIpc) is 3.38. The summed E-state index contributed by atoms with van der Waals surface area (Å²) in [5.41, 5.74) is 3.35. The second kappa shape index (κ2) is 7.61. The van der Waals surface area contributed by atoms with Crippen molar-refractivity contribution in [1.29, 1.82) is 0 Å². The quantitative estimate of drug-likeness (QED) is 0.449. The van der Waals surface area contributed by atoms with Crippen molar-refractivity contribution in [2.45, 2.75) is 38.3 Å². The zero-order valence-corrected chi connectivity index (χ0v) is 17.6. The fourth-order valence-corrected chi connectivity index (χ4v) is 4.02. The summed E-state index contributed by atoms with van der Waals surface area (Å²) >= 11 is 6.12. The van der Waals surface area contributed by atoms with Gasteiger partial charge < -0.3 is 10.6 Å². The fourth-order valence-electron chi connectivity index (χ4n) is 3.82. The Balaban J connectivity index is 1.37. The lowest BCUT2D eigenvalue weighted by atomic mass is 10.1. The number of hydrogen-bond donors (Lipinski definition) is 2. The van der Waals surface area contributed by atoms with Crippen LogP contribution in [0.3, 0.4) is 0 Å². The van der Waals surface area contributed by atoms with Gasteiger partial charge in [-0.15, -0.1) is 5.10 Å². The van der Waals surface area contributed by atoms with Crippen LogP contribution in [0.1, 0.15) is 42.1 Å². The van der Waals surface area contributed by atoms with Crippen molar-refractivity contribution < 1.29 is 0 Å². The van der Waals surface area contributed by atoms with Gasteiger partial charge in [0.15, 0.2) is 0 Å². The molecule has 0 saturated heterocycles. The first kappa shape index (κ1) is 18.9. The SMILES string of the molecule is Cc1cc(N[C@H]2C[C@@H]2c2ccccc2)n2nc(N[C@H](C)c3cccc(Cl)c3)nc2n1. The molecule has 152 valence electrons. The number of benzene rings is 2. The summed E-state index contributed by atoms with van der Waals surface area (Å²) in [6.07, 6.45) is 1.11. The molecule has 2 N–H and O–H groups in total. The normalized spacial score (nSPS) is 18.9. The predicted octanol–water partition coefficient (Wildman–Crippen LogP) is 5.23. The van der Waals surface area contributed by atoms with Crippen molar-refractivity contribution in [1.82, 2.24) is 19.6 Å². The number of halogens is 1. The molecule has 30 heavy (non-hydrogen) atoms. The zero-order chi connectivity index (χ0) is 20.7. The summed E-state index contributed by atoms with van der Waals surface area (Å²) in [5.74, 6) is 2.56. The van der Waals surface area contributed by atoms with Crippen LogP contribution in [-0.2, 0) is 0 Å². The topological polar surface area (TPSA) is 67.1 Å². The minimum atomic E-state index is 0.0181. The molecule has 1 aliphatic rings. The summed E-state index contributed by atoms with van der Waals surface area (Å²) in [6.45, 7) is 4.03. The van der Waals surface area contributed by atoms with Crippen LogP contribution in [0.25, 0.3) is 5.78 Å². The Bertz CT molecular complexity index is 1190. The van der Waals surface area contributed by atoms with Gasteiger partial charge >= 0.3 is 0 Å². The number of nitrogens with one attached hydrogen (secondary N) is 2. The van der Waals surface area contributed by atoms with Crippen LogP contribution in [0.2, 0.25) is 5.02 Å². The van der Waals surface area contributed by atoms with Crippen molar-refractivity contribution in [2.75, 3.05) is 10.6 Å². The van der Waals surface area contributed by atoms with Crippen LogP contribution in [0.5, 0.6) is 0 Å². The van der Waals surface area contributed by atoms with Crippen LogP contribution in [-0.4, -0.2) is 25.6 Å². The minimum Gasteiger partial charge on any atom is -0.366 e. The molecular weight excluding hydrogens is 396 g/mol. The van der Waals surface area contributed by atoms with Gasteiger partial charge in [-0.1, -0.05) is 54.1 Å². The number of anilines is 2. The molecule has 2 aromatic carbocycles. The predicted molar refractivity (Wildman–Crippen MR) is 120 cm³/mol. The van der Waals surface area contributed by atoms with Gasteiger partial charge in [0.05, 0.1) is 6.04 Å². The molecule has 6 nitrogen and oxygen atoms in total. The van der Waals surface area contributed by atoms with E-state index in [1.807, 2.05) is 37.3 Å². The van der Waals surface area contributed by atoms with E-state index in [1.165, 1.54) is 5.56 Å². The summed E-state index contributed by atoms with van der Waals surface area (Å²) in [6, 6.07) is 20.8. The monoisotopic (exact) mass is 418 g/mol. The molecule has 0 unspecified atom stereocenters. The number of hydrogen-bond acceptors (Lipinski definition) is 5. The van der Waals surface area contributed by atoms with Gasteiger partial charge in [-0.2, -0.15) is 9.50 Å². The first-order valence-electron chi connectivity index (χ1n) is 10.1. The van der Waals surface area contributed by atoms with E-state index in [0.717, 1.165) is 23.5 Å². The van der Waals surface area contributed by atoms with Crippen LogP contribution in [0.15, 0.2) is 60.7 Å². The van der Waals surface area contributed by atoms with Crippen LogP contribution in [0, 0.1) is 6.92 Å². The standard InChI is InChI=1S/C23H23ClN6/c1-14-11-21(27-20-13-19(20)16-7-4-3-5-8-16)30-23(25-14)28-22(29-30)26-15(2)17-9-6-10-18(24)12-17/h3-12,15,19-20,27H,13H2,1-2H3,(H,26,29)/t15-,19-,20+/m1/s1. The lowest BCUT2D eigenvalue weighted by molar-refractivity contribution is 0.849. The first-order chi connectivity index (χ1) is 14.6. The number of fused-ring (bicyclic) bond motifs is 1. The van der Waals surface area contributed by atoms with Gasteiger partial charge in [0, 0.05) is 28.7 Å². The Morgan fingerprint density at radius 3 is 2.70 bits per heavy atom. The van der Waals surface area contributed by atoms with Gasteiger partial charge in [0.2, 0.25) is 5.95 Å². The van der Waals surface area contributed by atoms with Crippen molar-refractivity contribution >= 4 is 29.1 Å². The number of aromatic nitrogens is 4. The summed E-state index contributed by atoms with van der Waals surface area (Å²) < 4.78 is 1.78. The van der Waals surface area contributed by atoms with E-state index in [-0.39, 0.29) is 6.04 Å². The van der Waals surface area contributed by atoms with Gasteiger partial charge in [-0.25, -0.2) is 4.98 Å². The number of rotatable bonds is 6. The Hall–Kier alpha value is -3.12. The third kappa shape index (κ3) is 3.83. The highest BCUT2D eigenvalue weighted by Crippen LogP contribution is 2.42. The van der Waals surface area contributed by atoms with E-state index in [1.54, 1.807) is 4.52 Å². The molecule has 7 heteroatoms. The molecule has 1 saturated carbocycles. The van der Waals surface area contributed by atoms with E-state index in [4.69, 9.17) is 11.6 Å². The highest BCUT2D eigenvalue weighted by Gasteiger charge is 2.38. The molecule has 1 aliphatic carbocycles. The number of aryl methyl sites for hydroxylation is 1. The average molecular weight is 419 g/mol. The largest absolute Gasteiger partial charge is 0.366 e. The summed E-state index contributed by atoms with van der Waals surface area (Å²) in [7, 11) is 0. The molecule has 0 bridgehead atoms. The van der Waals surface area contributed by atoms with Crippen molar-refractivity contribution in [3.05, 3.63) is 82.5 Å². The van der Waals surface area contributed by atoms with Gasteiger partial charge in [-0.05, 0) is 43.5 Å². The molecule has 1 fully saturated rings. The maximum atomic E-state index is 6.12. The smallest absolute Gasteiger partial charge is 0.256 e. The highest BCUT2D eigenvalue weighted by molar-refractivity contribution is 6.30. The second-order valence-corrected chi connectivity index (χ2v) is 8.29. The Labute approximate surface area is 180 Å². The molecule has 4 aromatic rings. The lowest BCUT2D eigenvalue weighted by Crippen LogP contribution is -2.11. The molecular formula is C23H23ClN6. The van der Waals surface area contributed by atoms with Gasteiger partial charge in [-0.3, -0.25) is 0 Å². The van der Waals surface area contributed by atoms with Crippen LogP contribution < -0.4 is 10.6 Å². The van der Waals surface area contributed by atoms with Crippen molar-refractivity contribution in [3.8, 4) is 0 Å². The summed E-state index contributed by atoms with van der Waals surface area (Å²) in [5, 5.41) is 12.4. The number of nitrogens with zero attached hydrogens (tertiary/aromatic N) is 4. The Morgan fingerprint density at radius 2 is 1.90 bits per heavy atom. The Kier molecular flexibility index (Phi) is 4.79. The van der Waals surface area contributed by atoms with Gasteiger partial charge in [0.25, 0.3) is 5.78 Å². The molecule has 0 amide bonds. The summed E-state index contributed by atoms with van der Waals surface area (Å²) in [4.78, 5) is 9.13. The van der Waals surface area contributed by atoms with Gasteiger partial charge in [0.1, 0.15) is 5.82 Å². The molecule has 0 aliphatic heterocycles. The Morgan fingerprint density at radius 1 is 1.07 bits per heavy atom. The van der Waals surface area contributed by atoms with E-state index in [9.17, 15) is 0 Å². The second-order valence-electron chi connectivity index (χ2n) is 7.85. The molecule has 2 heterocycles. The molecule has 3 atom stereocenters. The molecule has 0 radical (unpaired) electrons. The van der Waals surface area contributed by atoms with Crippen molar-refractivity contribution in [3.63, 3.8) is 0 Å². The fraction of sp³-hybridized carbons (Fsp3) is 0.261. The molecule has 2 aromatic heterocycles.